The van der Waals surface area contributed by atoms with Crippen molar-refractivity contribution in [1.29, 1.82) is 0 Å². The molecule has 1 atom stereocenters. The summed E-state index contributed by atoms with van der Waals surface area (Å²) in [5.74, 6) is 0.958. The molecule has 2 nitrogen and oxygen atoms in total. The van der Waals surface area contributed by atoms with E-state index < -0.39 is 0 Å². The molecule has 0 spiro atoms. The third kappa shape index (κ3) is 7.87. The molecule has 0 aliphatic rings. The van der Waals surface area contributed by atoms with Crippen molar-refractivity contribution in [3.63, 3.8) is 0 Å². The summed E-state index contributed by atoms with van der Waals surface area (Å²) in [7, 11) is 1.72. The van der Waals surface area contributed by atoms with Gasteiger partial charge in [0.2, 0.25) is 0 Å². The summed E-state index contributed by atoms with van der Waals surface area (Å²) >= 11 is 1.71. The maximum Gasteiger partial charge on any atom is 0.134 e. The van der Waals surface area contributed by atoms with Crippen molar-refractivity contribution in [2.24, 2.45) is 5.73 Å². The summed E-state index contributed by atoms with van der Waals surface area (Å²) < 4.78 is 5.34. The summed E-state index contributed by atoms with van der Waals surface area (Å²) in [6.07, 6.45) is 14.8. The van der Waals surface area contributed by atoms with E-state index in [0.717, 1.165) is 12.2 Å². The minimum atomic E-state index is 0.147. The van der Waals surface area contributed by atoms with E-state index >= 15 is 0 Å². The van der Waals surface area contributed by atoms with Crippen LogP contribution in [0.2, 0.25) is 0 Å². The minimum absolute atomic E-state index is 0.147. The molecular weight excluding hydrogens is 278 g/mol. The molecule has 21 heavy (non-hydrogen) atoms. The third-order valence-corrected chi connectivity index (χ3v) is 5.11. The van der Waals surface area contributed by atoms with Crippen LogP contribution in [0.4, 0.5) is 0 Å². The number of methoxy groups -OCH3 is 1. The number of thiophene rings is 1. The Labute approximate surface area is 135 Å². The largest absolute Gasteiger partial charge is 0.496 e. The van der Waals surface area contributed by atoms with Gasteiger partial charge < -0.3 is 10.5 Å². The Kier molecular flexibility index (Phi) is 10.6. The molecule has 122 valence electrons. The van der Waals surface area contributed by atoms with Crippen LogP contribution in [0.25, 0.3) is 0 Å². The van der Waals surface area contributed by atoms with Gasteiger partial charge >= 0.3 is 0 Å². The van der Waals surface area contributed by atoms with Crippen LogP contribution in [0.5, 0.6) is 5.75 Å². The standard InChI is InChI=1S/C18H33NOS/c1-3-4-5-6-7-8-9-10-11-12-13-16(19)18-17(20-2)14-15-21-18/h14-16H,3-13,19H2,1-2H3. The maximum absolute atomic E-state index is 6.26. The molecule has 0 aromatic carbocycles. The zero-order chi connectivity index (χ0) is 15.3. The highest BCUT2D eigenvalue weighted by Gasteiger charge is 2.12. The van der Waals surface area contributed by atoms with Gasteiger partial charge in [0.05, 0.1) is 12.0 Å². The first-order chi connectivity index (χ1) is 10.3. The van der Waals surface area contributed by atoms with E-state index in [1.165, 1.54) is 69.1 Å². The van der Waals surface area contributed by atoms with E-state index in [-0.39, 0.29) is 6.04 Å². The second kappa shape index (κ2) is 12.0. The average molecular weight is 312 g/mol. The lowest BCUT2D eigenvalue weighted by Crippen LogP contribution is -2.09. The summed E-state index contributed by atoms with van der Waals surface area (Å²) in [5.41, 5.74) is 6.26. The fraction of sp³-hybridized carbons (Fsp3) is 0.778. The first-order valence-electron chi connectivity index (χ1n) is 8.66. The van der Waals surface area contributed by atoms with E-state index in [0.29, 0.717) is 0 Å². The maximum atomic E-state index is 6.26. The molecule has 0 radical (unpaired) electrons. The zero-order valence-electron chi connectivity index (χ0n) is 13.9. The zero-order valence-corrected chi connectivity index (χ0v) is 14.7. The number of hydrogen-bond acceptors (Lipinski definition) is 3. The van der Waals surface area contributed by atoms with E-state index in [1.54, 1.807) is 18.4 Å². The van der Waals surface area contributed by atoms with Crippen molar-refractivity contribution in [2.75, 3.05) is 7.11 Å². The molecule has 0 bridgehead atoms. The molecule has 0 saturated heterocycles. The van der Waals surface area contributed by atoms with Gasteiger partial charge in [0.25, 0.3) is 0 Å². The summed E-state index contributed by atoms with van der Waals surface area (Å²) in [6.45, 7) is 2.27. The summed E-state index contributed by atoms with van der Waals surface area (Å²) in [4.78, 5) is 1.20. The Hall–Kier alpha value is -0.540. The Morgan fingerprint density at radius 2 is 1.57 bits per heavy atom. The molecule has 2 N–H and O–H groups in total. The molecule has 0 amide bonds. The Balaban J connectivity index is 1.97. The second-order valence-corrected chi connectivity index (χ2v) is 6.88. The quantitative estimate of drug-likeness (QED) is 0.449. The molecule has 3 heteroatoms. The van der Waals surface area contributed by atoms with Gasteiger partial charge in [0.15, 0.2) is 0 Å². The van der Waals surface area contributed by atoms with Crippen LogP contribution in [-0.2, 0) is 0 Å². The van der Waals surface area contributed by atoms with E-state index in [2.05, 4.69) is 12.3 Å². The Bertz CT molecular complexity index is 351. The molecular formula is C18H33NOS. The highest BCUT2D eigenvalue weighted by atomic mass is 32.1. The normalized spacial score (nSPS) is 12.5. The molecule has 1 aromatic heterocycles. The van der Waals surface area contributed by atoms with Crippen LogP contribution in [0.3, 0.4) is 0 Å². The van der Waals surface area contributed by atoms with Gasteiger partial charge in [0.1, 0.15) is 5.75 Å². The van der Waals surface area contributed by atoms with Crippen molar-refractivity contribution >= 4 is 11.3 Å². The lowest BCUT2D eigenvalue weighted by Gasteiger charge is -2.11. The van der Waals surface area contributed by atoms with Gasteiger partial charge in [0, 0.05) is 6.04 Å². The molecule has 1 unspecified atom stereocenters. The van der Waals surface area contributed by atoms with Crippen LogP contribution in [-0.4, -0.2) is 7.11 Å². The predicted molar refractivity (Wildman–Crippen MR) is 94.3 cm³/mol. The van der Waals surface area contributed by atoms with Gasteiger partial charge in [-0.3, -0.25) is 0 Å². The fourth-order valence-corrected chi connectivity index (χ4v) is 3.63. The molecule has 0 aliphatic carbocycles. The van der Waals surface area contributed by atoms with E-state index in [9.17, 15) is 0 Å². The third-order valence-electron chi connectivity index (χ3n) is 4.08. The predicted octanol–water partition coefficient (Wildman–Crippen LogP) is 6.07. The van der Waals surface area contributed by atoms with Gasteiger partial charge in [-0.1, -0.05) is 71.1 Å². The van der Waals surface area contributed by atoms with Crippen LogP contribution in [0.1, 0.15) is 88.5 Å². The van der Waals surface area contributed by atoms with Crippen molar-refractivity contribution in [3.8, 4) is 5.75 Å². The van der Waals surface area contributed by atoms with Crippen LogP contribution in [0.15, 0.2) is 11.4 Å². The van der Waals surface area contributed by atoms with Crippen LogP contribution in [0, 0.1) is 0 Å². The molecule has 1 heterocycles. The van der Waals surface area contributed by atoms with Crippen LogP contribution < -0.4 is 10.5 Å². The Morgan fingerprint density at radius 3 is 2.14 bits per heavy atom. The summed E-state index contributed by atoms with van der Waals surface area (Å²) in [5, 5.41) is 2.06. The smallest absolute Gasteiger partial charge is 0.134 e. The second-order valence-electron chi connectivity index (χ2n) is 5.93. The van der Waals surface area contributed by atoms with Gasteiger partial charge in [-0.2, -0.15) is 0 Å². The number of nitrogens with two attached hydrogens (primary N) is 1. The monoisotopic (exact) mass is 311 g/mol. The van der Waals surface area contributed by atoms with Crippen molar-refractivity contribution < 1.29 is 4.74 Å². The highest BCUT2D eigenvalue weighted by molar-refractivity contribution is 7.10. The average Bonchev–Trinajstić information content (AvgIpc) is 2.97. The molecule has 1 aromatic rings. The number of unbranched alkanes of at least 4 members (excludes halogenated alkanes) is 9. The van der Waals surface area contributed by atoms with Crippen molar-refractivity contribution in [3.05, 3.63) is 16.3 Å². The SMILES string of the molecule is CCCCCCCCCCCCC(N)c1sccc1OC. The molecule has 0 aliphatic heterocycles. The fourth-order valence-electron chi connectivity index (χ4n) is 2.73. The van der Waals surface area contributed by atoms with Gasteiger partial charge in [-0.05, 0) is 17.9 Å². The first kappa shape index (κ1) is 18.5. The van der Waals surface area contributed by atoms with Crippen molar-refractivity contribution in [2.45, 2.75) is 83.6 Å². The minimum Gasteiger partial charge on any atom is -0.496 e. The number of ether oxygens (including phenoxy) is 1. The number of hydrogen-bond donors (Lipinski definition) is 1. The lowest BCUT2D eigenvalue weighted by atomic mass is 10.0. The van der Waals surface area contributed by atoms with Gasteiger partial charge in [-0.15, -0.1) is 11.3 Å². The van der Waals surface area contributed by atoms with Crippen LogP contribution >= 0.6 is 11.3 Å². The summed E-state index contributed by atoms with van der Waals surface area (Å²) in [6, 6.07) is 2.16. The molecule has 0 fully saturated rings. The topological polar surface area (TPSA) is 35.2 Å². The highest BCUT2D eigenvalue weighted by Crippen LogP contribution is 2.32. The van der Waals surface area contributed by atoms with E-state index in [1.807, 2.05) is 6.07 Å². The Morgan fingerprint density at radius 1 is 1.00 bits per heavy atom. The first-order valence-corrected chi connectivity index (χ1v) is 9.54. The van der Waals surface area contributed by atoms with E-state index in [4.69, 9.17) is 10.5 Å². The molecule has 0 saturated carbocycles. The lowest BCUT2D eigenvalue weighted by molar-refractivity contribution is 0.406. The molecule has 1 rings (SSSR count). The van der Waals surface area contributed by atoms with Gasteiger partial charge in [-0.25, -0.2) is 0 Å². The number of rotatable bonds is 13. The van der Waals surface area contributed by atoms with Crippen molar-refractivity contribution in [1.82, 2.24) is 0 Å².